The van der Waals surface area contributed by atoms with E-state index in [4.69, 9.17) is 11.2 Å². The molecular weight excluding hydrogens is 336 g/mol. The fraction of sp³-hybridized carbons (Fsp3) is 0.261. The van der Waals surface area contributed by atoms with E-state index in [2.05, 4.69) is 10.9 Å². The van der Waals surface area contributed by atoms with Crippen LogP contribution in [0.1, 0.15) is 11.4 Å². The molecular formula is C23H24N2O2. The van der Waals surface area contributed by atoms with Gasteiger partial charge in [0.05, 0.1) is 12.2 Å². The third kappa shape index (κ3) is 5.30. The first-order valence-corrected chi connectivity index (χ1v) is 9.02. The van der Waals surface area contributed by atoms with Crippen LogP contribution in [0.2, 0.25) is 0 Å². The molecule has 1 atom stereocenters. The summed E-state index contributed by atoms with van der Waals surface area (Å²) < 4.78 is 5.89. The number of aliphatic hydroxyl groups excluding tert-OH is 1. The Hall–Kier alpha value is -2.87. The van der Waals surface area contributed by atoms with Crippen LogP contribution in [-0.4, -0.2) is 40.8 Å². The van der Waals surface area contributed by atoms with E-state index < -0.39 is 6.10 Å². The summed E-state index contributed by atoms with van der Waals surface area (Å²) in [7, 11) is 0. The Kier molecular flexibility index (Phi) is 6.43. The summed E-state index contributed by atoms with van der Waals surface area (Å²) in [6.07, 6.45) is 4.84. The number of pyridine rings is 1. The Bertz CT molecular complexity index is 928. The largest absolute Gasteiger partial charge is 0.490 e. The second-order valence-corrected chi connectivity index (χ2v) is 6.59. The van der Waals surface area contributed by atoms with E-state index in [1.165, 1.54) is 0 Å². The van der Waals surface area contributed by atoms with Crippen molar-refractivity contribution in [2.24, 2.45) is 0 Å². The minimum Gasteiger partial charge on any atom is -0.490 e. The van der Waals surface area contributed by atoms with Gasteiger partial charge in [-0.1, -0.05) is 48.4 Å². The van der Waals surface area contributed by atoms with Gasteiger partial charge in [-0.05, 0) is 30.5 Å². The number of aromatic nitrogens is 1. The van der Waals surface area contributed by atoms with Gasteiger partial charge in [0, 0.05) is 24.2 Å². The average Bonchev–Trinajstić information content (AvgIpc) is 2.66. The zero-order chi connectivity index (χ0) is 19.1. The number of fused-ring (bicyclic) bond motifs is 1. The lowest BCUT2D eigenvalue weighted by atomic mass is 10.1. The van der Waals surface area contributed by atoms with Crippen LogP contribution in [0, 0.1) is 19.3 Å². The van der Waals surface area contributed by atoms with Crippen molar-refractivity contribution in [2.75, 3.05) is 19.7 Å². The molecule has 0 aliphatic heterocycles. The van der Waals surface area contributed by atoms with Crippen LogP contribution in [0.15, 0.2) is 60.7 Å². The molecule has 0 saturated heterocycles. The maximum Gasteiger partial charge on any atom is 0.127 e. The fourth-order valence-electron chi connectivity index (χ4n) is 3.09. The molecule has 1 N–H and O–H groups in total. The summed E-state index contributed by atoms with van der Waals surface area (Å²) >= 11 is 0. The van der Waals surface area contributed by atoms with Crippen LogP contribution < -0.4 is 4.74 Å². The van der Waals surface area contributed by atoms with E-state index >= 15 is 0 Å². The number of hydrogen-bond donors (Lipinski definition) is 1. The van der Waals surface area contributed by atoms with Gasteiger partial charge in [0.1, 0.15) is 18.5 Å². The molecule has 4 heteroatoms. The number of ether oxygens (including phenoxy) is 1. The van der Waals surface area contributed by atoms with Gasteiger partial charge >= 0.3 is 0 Å². The quantitative estimate of drug-likeness (QED) is 0.625. The van der Waals surface area contributed by atoms with Gasteiger partial charge in [-0.25, -0.2) is 0 Å². The molecule has 0 fully saturated rings. The summed E-state index contributed by atoms with van der Waals surface area (Å²) in [6.45, 7) is 3.63. The van der Waals surface area contributed by atoms with Gasteiger partial charge in [-0.2, -0.15) is 0 Å². The molecule has 0 radical (unpaired) electrons. The monoisotopic (exact) mass is 360 g/mol. The van der Waals surface area contributed by atoms with Crippen LogP contribution in [0.5, 0.6) is 5.75 Å². The van der Waals surface area contributed by atoms with Crippen molar-refractivity contribution < 1.29 is 9.84 Å². The van der Waals surface area contributed by atoms with Crippen molar-refractivity contribution in [1.82, 2.24) is 9.88 Å². The van der Waals surface area contributed by atoms with Crippen molar-refractivity contribution in [1.29, 1.82) is 0 Å². The second-order valence-electron chi connectivity index (χ2n) is 6.59. The molecule has 3 aromatic rings. The standard InChI is InChI=1S/C23H24N2O2/c1-3-14-25(15-20-11-6-8-18(2)24-20)16-21(26)17-27-23-13-7-10-19-9-4-5-12-22(19)23/h1,4-13,21,26H,14-17H2,2H3/t21-/m0/s1. The molecule has 0 unspecified atom stereocenters. The summed E-state index contributed by atoms with van der Waals surface area (Å²) in [5.74, 6) is 3.43. The number of aryl methyl sites for hydroxylation is 1. The summed E-state index contributed by atoms with van der Waals surface area (Å²) in [5, 5.41) is 12.6. The first-order chi connectivity index (χ1) is 13.2. The predicted octanol–water partition coefficient (Wildman–Crippen LogP) is 3.42. The number of benzene rings is 2. The van der Waals surface area contributed by atoms with Gasteiger partial charge in [0.2, 0.25) is 0 Å². The van der Waals surface area contributed by atoms with E-state index in [1.807, 2.05) is 72.5 Å². The van der Waals surface area contributed by atoms with Crippen LogP contribution in [0.4, 0.5) is 0 Å². The summed E-state index contributed by atoms with van der Waals surface area (Å²) in [6, 6.07) is 19.9. The average molecular weight is 360 g/mol. The highest BCUT2D eigenvalue weighted by molar-refractivity contribution is 5.88. The molecule has 0 aliphatic carbocycles. The highest BCUT2D eigenvalue weighted by Gasteiger charge is 2.14. The topological polar surface area (TPSA) is 45.6 Å². The van der Waals surface area contributed by atoms with E-state index in [9.17, 15) is 5.11 Å². The van der Waals surface area contributed by atoms with Gasteiger partial charge in [0.15, 0.2) is 0 Å². The van der Waals surface area contributed by atoms with Gasteiger partial charge in [-0.15, -0.1) is 6.42 Å². The molecule has 3 rings (SSSR count). The Morgan fingerprint density at radius 3 is 2.70 bits per heavy atom. The molecule has 0 amide bonds. The third-order valence-corrected chi connectivity index (χ3v) is 4.30. The molecule has 1 aromatic heterocycles. The van der Waals surface area contributed by atoms with Crippen molar-refractivity contribution in [3.63, 3.8) is 0 Å². The molecule has 1 heterocycles. The SMILES string of the molecule is C#CCN(Cc1cccc(C)n1)C[C@H](O)COc1cccc2ccccc12. The normalized spacial score (nSPS) is 12.1. The molecule has 0 bridgehead atoms. The minimum absolute atomic E-state index is 0.205. The number of aliphatic hydroxyl groups is 1. The summed E-state index contributed by atoms with van der Waals surface area (Å²) in [5.41, 5.74) is 1.90. The molecule has 4 nitrogen and oxygen atoms in total. The van der Waals surface area contributed by atoms with E-state index in [0.717, 1.165) is 27.9 Å². The maximum atomic E-state index is 10.5. The predicted molar refractivity (Wildman–Crippen MR) is 109 cm³/mol. The lowest BCUT2D eigenvalue weighted by molar-refractivity contribution is 0.0705. The number of nitrogens with zero attached hydrogens (tertiary/aromatic N) is 2. The zero-order valence-electron chi connectivity index (χ0n) is 15.5. The van der Waals surface area contributed by atoms with Gasteiger partial charge < -0.3 is 9.84 Å². The van der Waals surface area contributed by atoms with E-state index in [1.54, 1.807) is 0 Å². The Balaban J connectivity index is 1.60. The highest BCUT2D eigenvalue weighted by Crippen LogP contribution is 2.25. The Labute approximate surface area is 160 Å². The van der Waals surface area contributed by atoms with Crippen LogP contribution in [-0.2, 0) is 6.54 Å². The number of hydrogen-bond acceptors (Lipinski definition) is 4. The molecule has 0 aliphatic rings. The lowest BCUT2D eigenvalue weighted by Crippen LogP contribution is -2.35. The summed E-state index contributed by atoms with van der Waals surface area (Å²) in [4.78, 5) is 6.51. The van der Waals surface area contributed by atoms with E-state index in [0.29, 0.717) is 19.6 Å². The van der Waals surface area contributed by atoms with Crippen molar-refractivity contribution in [2.45, 2.75) is 19.6 Å². The smallest absolute Gasteiger partial charge is 0.127 e. The second kappa shape index (κ2) is 9.18. The molecule has 0 spiro atoms. The Morgan fingerprint density at radius 1 is 1.11 bits per heavy atom. The van der Waals surface area contributed by atoms with Crippen LogP contribution in [0.3, 0.4) is 0 Å². The Morgan fingerprint density at radius 2 is 1.89 bits per heavy atom. The number of terminal acetylenes is 1. The first-order valence-electron chi connectivity index (χ1n) is 9.02. The van der Waals surface area contributed by atoms with Crippen molar-refractivity contribution in [3.8, 4) is 18.1 Å². The van der Waals surface area contributed by atoms with Crippen molar-refractivity contribution >= 4 is 10.8 Å². The molecule has 0 saturated carbocycles. The van der Waals surface area contributed by atoms with Gasteiger partial charge in [-0.3, -0.25) is 9.88 Å². The fourth-order valence-corrected chi connectivity index (χ4v) is 3.09. The minimum atomic E-state index is -0.651. The third-order valence-electron chi connectivity index (χ3n) is 4.30. The number of rotatable bonds is 8. The zero-order valence-corrected chi connectivity index (χ0v) is 15.5. The van der Waals surface area contributed by atoms with E-state index in [-0.39, 0.29) is 6.61 Å². The van der Waals surface area contributed by atoms with Crippen LogP contribution >= 0.6 is 0 Å². The lowest BCUT2D eigenvalue weighted by Gasteiger charge is -2.23. The maximum absolute atomic E-state index is 10.5. The highest BCUT2D eigenvalue weighted by atomic mass is 16.5. The van der Waals surface area contributed by atoms with Crippen LogP contribution in [0.25, 0.3) is 10.8 Å². The molecule has 138 valence electrons. The van der Waals surface area contributed by atoms with Gasteiger partial charge in [0.25, 0.3) is 0 Å². The van der Waals surface area contributed by atoms with Crippen molar-refractivity contribution in [3.05, 3.63) is 72.1 Å². The molecule has 2 aromatic carbocycles. The first kappa shape index (κ1) is 18.9. The molecule has 27 heavy (non-hydrogen) atoms.